The molecule has 1 atom stereocenters. The lowest BCUT2D eigenvalue weighted by molar-refractivity contribution is -0.124. The number of rotatable bonds is 3. The number of hydrogen-bond acceptors (Lipinski definition) is 2. The van der Waals surface area contributed by atoms with Crippen molar-refractivity contribution in [2.75, 3.05) is 18.4 Å². The van der Waals surface area contributed by atoms with Gasteiger partial charge in [0.15, 0.2) is 0 Å². The van der Waals surface area contributed by atoms with Gasteiger partial charge in [-0.3, -0.25) is 4.79 Å². The summed E-state index contributed by atoms with van der Waals surface area (Å²) >= 11 is 6.03. The maximum Gasteiger partial charge on any atom is 0.231 e. The summed E-state index contributed by atoms with van der Waals surface area (Å²) in [6, 6.07) is 7.33. The summed E-state index contributed by atoms with van der Waals surface area (Å²) in [6.45, 7) is 3.71. The van der Waals surface area contributed by atoms with E-state index >= 15 is 0 Å². The maximum absolute atomic E-state index is 12.3. The van der Waals surface area contributed by atoms with E-state index in [0.717, 1.165) is 25.9 Å². The van der Waals surface area contributed by atoms with E-state index in [1.54, 1.807) is 6.07 Å². The molecular formula is C13H17ClN2O. The number of para-hydroxylation sites is 1. The highest BCUT2D eigenvalue weighted by Crippen LogP contribution is 2.32. The summed E-state index contributed by atoms with van der Waals surface area (Å²) in [5.74, 6) is 0.0677. The molecule has 3 nitrogen and oxygen atoms in total. The van der Waals surface area contributed by atoms with Gasteiger partial charge in [0, 0.05) is 6.54 Å². The molecule has 1 aromatic carbocycles. The Bertz CT molecular complexity index is 414. The van der Waals surface area contributed by atoms with Crippen LogP contribution in [0, 0.1) is 5.41 Å². The lowest BCUT2D eigenvalue weighted by Gasteiger charge is -2.25. The number of anilines is 1. The van der Waals surface area contributed by atoms with Gasteiger partial charge in [-0.25, -0.2) is 0 Å². The fraction of sp³-hybridized carbons (Fsp3) is 0.462. The van der Waals surface area contributed by atoms with Gasteiger partial charge in [-0.15, -0.1) is 0 Å². The van der Waals surface area contributed by atoms with Crippen LogP contribution in [0.25, 0.3) is 0 Å². The first-order valence-electron chi connectivity index (χ1n) is 5.95. The molecule has 2 rings (SSSR count). The van der Waals surface area contributed by atoms with Crippen LogP contribution in [0.4, 0.5) is 5.69 Å². The molecule has 17 heavy (non-hydrogen) atoms. The highest BCUT2D eigenvalue weighted by Gasteiger charge is 2.39. The summed E-state index contributed by atoms with van der Waals surface area (Å²) in [4.78, 5) is 12.3. The SMILES string of the molecule is CCC1(C(=O)Nc2ccccc2Cl)CCNC1. The topological polar surface area (TPSA) is 41.1 Å². The van der Waals surface area contributed by atoms with Crippen molar-refractivity contribution in [3.63, 3.8) is 0 Å². The first-order valence-corrected chi connectivity index (χ1v) is 6.32. The van der Waals surface area contributed by atoms with Crippen molar-refractivity contribution in [2.24, 2.45) is 5.41 Å². The maximum atomic E-state index is 12.3. The molecule has 1 unspecified atom stereocenters. The van der Waals surface area contributed by atoms with Crippen LogP contribution in [0.5, 0.6) is 0 Å². The van der Waals surface area contributed by atoms with Crippen molar-refractivity contribution in [1.82, 2.24) is 5.32 Å². The minimum absolute atomic E-state index is 0.0677. The van der Waals surface area contributed by atoms with E-state index in [1.807, 2.05) is 18.2 Å². The molecule has 1 fully saturated rings. The number of benzene rings is 1. The van der Waals surface area contributed by atoms with Crippen LogP contribution < -0.4 is 10.6 Å². The molecule has 0 spiro atoms. The van der Waals surface area contributed by atoms with Crippen LogP contribution >= 0.6 is 11.6 Å². The predicted octanol–water partition coefficient (Wildman–Crippen LogP) is 2.67. The molecule has 0 aromatic heterocycles. The monoisotopic (exact) mass is 252 g/mol. The molecule has 0 saturated carbocycles. The molecule has 1 aliphatic rings. The molecule has 0 aliphatic carbocycles. The van der Waals surface area contributed by atoms with Crippen molar-refractivity contribution in [1.29, 1.82) is 0 Å². The van der Waals surface area contributed by atoms with Crippen LogP contribution in [0.1, 0.15) is 19.8 Å². The van der Waals surface area contributed by atoms with Gasteiger partial charge in [-0.05, 0) is 31.5 Å². The van der Waals surface area contributed by atoms with E-state index in [1.165, 1.54) is 0 Å². The number of carbonyl (C=O) groups is 1. The van der Waals surface area contributed by atoms with E-state index in [9.17, 15) is 4.79 Å². The minimum atomic E-state index is -0.279. The summed E-state index contributed by atoms with van der Waals surface area (Å²) in [5.41, 5.74) is 0.415. The van der Waals surface area contributed by atoms with Gasteiger partial charge in [-0.1, -0.05) is 30.7 Å². The van der Waals surface area contributed by atoms with Crippen molar-refractivity contribution in [2.45, 2.75) is 19.8 Å². The van der Waals surface area contributed by atoms with Crippen LogP contribution in [0.2, 0.25) is 5.02 Å². The van der Waals surface area contributed by atoms with Gasteiger partial charge in [0.2, 0.25) is 5.91 Å². The third kappa shape index (κ3) is 2.45. The summed E-state index contributed by atoms with van der Waals surface area (Å²) in [7, 11) is 0. The molecule has 2 N–H and O–H groups in total. The molecule has 4 heteroatoms. The zero-order valence-electron chi connectivity index (χ0n) is 9.92. The van der Waals surface area contributed by atoms with E-state index in [2.05, 4.69) is 17.6 Å². The Hall–Kier alpha value is -1.06. The summed E-state index contributed by atoms with van der Waals surface area (Å²) < 4.78 is 0. The summed E-state index contributed by atoms with van der Waals surface area (Å²) in [6.07, 6.45) is 1.73. The molecule has 1 aliphatic heterocycles. The second kappa shape index (κ2) is 5.07. The van der Waals surface area contributed by atoms with Crippen LogP contribution in [0.15, 0.2) is 24.3 Å². The van der Waals surface area contributed by atoms with Crippen molar-refractivity contribution >= 4 is 23.2 Å². The fourth-order valence-electron chi connectivity index (χ4n) is 2.22. The van der Waals surface area contributed by atoms with E-state index in [0.29, 0.717) is 10.7 Å². The zero-order valence-corrected chi connectivity index (χ0v) is 10.7. The molecule has 1 heterocycles. The van der Waals surface area contributed by atoms with Crippen molar-refractivity contribution < 1.29 is 4.79 Å². The van der Waals surface area contributed by atoms with Gasteiger partial charge < -0.3 is 10.6 Å². The average molecular weight is 253 g/mol. The highest BCUT2D eigenvalue weighted by molar-refractivity contribution is 6.33. The molecule has 0 radical (unpaired) electrons. The molecule has 1 amide bonds. The zero-order chi connectivity index (χ0) is 12.3. The normalized spacial score (nSPS) is 23.6. The van der Waals surface area contributed by atoms with E-state index in [-0.39, 0.29) is 11.3 Å². The largest absolute Gasteiger partial charge is 0.324 e. The smallest absolute Gasteiger partial charge is 0.231 e. The second-order valence-corrected chi connectivity index (χ2v) is 4.90. The van der Waals surface area contributed by atoms with Crippen LogP contribution in [0.3, 0.4) is 0 Å². The molecular weight excluding hydrogens is 236 g/mol. The standard InChI is InChI=1S/C13H17ClN2O/c1-2-13(7-8-15-9-13)12(17)16-11-6-4-3-5-10(11)14/h3-6,15H,2,7-9H2,1H3,(H,16,17). The molecule has 0 bridgehead atoms. The van der Waals surface area contributed by atoms with Gasteiger partial charge >= 0.3 is 0 Å². The highest BCUT2D eigenvalue weighted by atomic mass is 35.5. The third-order valence-corrected chi connectivity index (χ3v) is 3.85. The fourth-order valence-corrected chi connectivity index (χ4v) is 2.40. The minimum Gasteiger partial charge on any atom is -0.324 e. The second-order valence-electron chi connectivity index (χ2n) is 4.49. The molecule has 92 valence electrons. The Morgan fingerprint density at radius 2 is 2.29 bits per heavy atom. The summed E-state index contributed by atoms with van der Waals surface area (Å²) in [5, 5.41) is 6.77. The molecule has 1 aromatic rings. The van der Waals surface area contributed by atoms with Gasteiger partial charge in [-0.2, -0.15) is 0 Å². The molecule has 1 saturated heterocycles. The number of nitrogens with one attached hydrogen (secondary N) is 2. The van der Waals surface area contributed by atoms with Gasteiger partial charge in [0.25, 0.3) is 0 Å². The Balaban J connectivity index is 2.14. The lowest BCUT2D eigenvalue weighted by Crippen LogP contribution is -2.37. The van der Waals surface area contributed by atoms with Crippen molar-refractivity contribution in [3.8, 4) is 0 Å². The number of hydrogen-bond donors (Lipinski definition) is 2. The quantitative estimate of drug-likeness (QED) is 0.869. The van der Waals surface area contributed by atoms with Crippen LogP contribution in [-0.4, -0.2) is 19.0 Å². The Morgan fingerprint density at radius 1 is 1.53 bits per heavy atom. The van der Waals surface area contributed by atoms with Crippen molar-refractivity contribution in [3.05, 3.63) is 29.3 Å². The number of halogens is 1. The van der Waals surface area contributed by atoms with Gasteiger partial charge in [0.05, 0.1) is 16.1 Å². The first kappa shape index (κ1) is 12.4. The number of carbonyl (C=O) groups excluding carboxylic acids is 1. The lowest BCUT2D eigenvalue weighted by atomic mass is 9.83. The van der Waals surface area contributed by atoms with Crippen LogP contribution in [-0.2, 0) is 4.79 Å². The number of amides is 1. The van der Waals surface area contributed by atoms with Gasteiger partial charge in [0.1, 0.15) is 0 Å². The Kier molecular flexibility index (Phi) is 3.69. The van der Waals surface area contributed by atoms with E-state index in [4.69, 9.17) is 11.6 Å². The van der Waals surface area contributed by atoms with E-state index < -0.39 is 0 Å². The average Bonchev–Trinajstić information content (AvgIpc) is 2.82. The first-order chi connectivity index (χ1) is 8.18. The third-order valence-electron chi connectivity index (χ3n) is 3.52. The Labute approximate surface area is 107 Å². The Morgan fingerprint density at radius 3 is 2.88 bits per heavy atom. The predicted molar refractivity (Wildman–Crippen MR) is 70.3 cm³/mol.